The third-order valence-electron chi connectivity index (χ3n) is 4.15. The second kappa shape index (κ2) is 6.48. The van der Waals surface area contributed by atoms with Crippen LogP contribution in [0.15, 0.2) is 24.3 Å². The van der Waals surface area contributed by atoms with Gasteiger partial charge in [-0.25, -0.2) is 4.98 Å². The fourth-order valence-electron chi connectivity index (χ4n) is 2.98. The molecule has 0 bridgehead atoms. The largest absolute Gasteiger partial charge is 0.477 e. The van der Waals surface area contributed by atoms with Crippen molar-refractivity contribution in [1.82, 2.24) is 15.3 Å². The van der Waals surface area contributed by atoms with Gasteiger partial charge in [-0.2, -0.15) is 4.98 Å². The third kappa shape index (κ3) is 2.86. The number of aromatic nitrogens is 2. The van der Waals surface area contributed by atoms with Crippen molar-refractivity contribution in [1.29, 1.82) is 0 Å². The quantitative estimate of drug-likeness (QED) is 0.940. The van der Waals surface area contributed by atoms with Crippen molar-refractivity contribution >= 4 is 16.9 Å². The van der Waals surface area contributed by atoms with Crippen LogP contribution in [0.4, 0.5) is 5.95 Å². The molecule has 0 spiro atoms. The van der Waals surface area contributed by atoms with Gasteiger partial charge in [-0.1, -0.05) is 26.0 Å². The number of ether oxygens (including phenoxy) is 1. The molecule has 1 N–H and O–H groups in total. The maximum absolute atomic E-state index is 5.75. The van der Waals surface area contributed by atoms with E-state index in [2.05, 4.69) is 24.1 Å². The third-order valence-corrected chi connectivity index (χ3v) is 4.15. The maximum atomic E-state index is 5.75. The van der Waals surface area contributed by atoms with E-state index in [1.807, 2.05) is 31.2 Å². The lowest BCUT2D eigenvalue weighted by molar-refractivity contribution is 0.329. The van der Waals surface area contributed by atoms with E-state index < -0.39 is 0 Å². The Morgan fingerprint density at radius 3 is 2.91 bits per heavy atom. The van der Waals surface area contributed by atoms with Gasteiger partial charge in [-0.05, 0) is 25.0 Å². The molecular weight excluding hydrogens is 276 g/mol. The highest BCUT2D eigenvalue weighted by Crippen LogP contribution is 2.27. The van der Waals surface area contributed by atoms with Crippen LogP contribution < -0.4 is 15.0 Å². The summed E-state index contributed by atoms with van der Waals surface area (Å²) in [6, 6.07) is 8.45. The molecule has 1 aliphatic heterocycles. The van der Waals surface area contributed by atoms with Crippen LogP contribution in [0.25, 0.3) is 10.9 Å². The average Bonchev–Trinajstić information content (AvgIpc) is 2.55. The molecule has 0 amide bonds. The summed E-state index contributed by atoms with van der Waals surface area (Å²) in [5.74, 6) is 2.00. The highest BCUT2D eigenvalue weighted by Gasteiger charge is 2.27. The molecule has 5 nitrogen and oxygen atoms in total. The summed E-state index contributed by atoms with van der Waals surface area (Å²) in [7, 11) is 0. The zero-order valence-corrected chi connectivity index (χ0v) is 13.5. The van der Waals surface area contributed by atoms with Crippen LogP contribution in [0, 0.1) is 5.92 Å². The summed E-state index contributed by atoms with van der Waals surface area (Å²) < 4.78 is 5.75. The maximum Gasteiger partial charge on any atom is 0.229 e. The number of benzene rings is 1. The summed E-state index contributed by atoms with van der Waals surface area (Å²) in [6.07, 6.45) is 0. The van der Waals surface area contributed by atoms with E-state index in [1.165, 1.54) is 0 Å². The number of hydrogen-bond acceptors (Lipinski definition) is 5. The van der Waals surface area contributed by atoms with Crippen molar-refractivity contribution in [2.45, 2.75) is 26.8 Å². The Kier molecular flexibility index (Phi) is 4.43. The smallest absolute Gasteiger partial charge is 0.229 e. The predicted octanol–water partition coefficient (Wildman–Crippen LogP) is 2.46. The van der Waals surface area contributed by atoms with E-state index in [1.54, 1.807) is 0 Å². The van der Waals surface area contributed by atoms with E-state index >= 15 is 0 Å². The van der Waals surface area contributed by atoms with Crippen LogP contribution in [-0.2, 0) is 0 Å². The Labute approximate surface area is 131 Å². The summed E-state index contributed by atoms with van der Waals surface area (Å²) in [4.78, 5) is 11.8. The molecule has 118 valence electrons. The lowest BCUT2D eigenvalue weighted by Gasteiger charge is -2.38. The Bertz CT molecular complexity index is 644. The molecule has 1 aliphatic rings. The molecule has 5 heteroatoms. The second-order valence-corrected chi connectivity index (χ2v) is 5.99. The molecule has 1 saturated heterocycles. The van der Waals surface area contributed by atoms with Crippen LogP contribution in [-0.4, -0.2) is 42.3 Å². The van der Waals surface area contributed by atoms with Crippen LogP contribution in [0.1, 0.15) is 20.8 Å². The summed E-state index contributed by atoms with van der Waals surface area (Å²) >= 11 is 0. The van der Waals surface area contributed by atoms with Crippen LogP contribution in [0.5, 0.6) is 5.88 Å². The van der Waals surface area contributed by atoms with Gasteiger partial charge in [0.15, 0.2) is 0 Å². The number of nitrogens with zero attached hydrogens (tertiary/aromatic N) is 3. The Balaban J connectivity index is 2.05. The first-order valence-electron chi connectivity index (χ1n) is 8.07. The Morgan fingerprint density at radius 1 is 1.32 bits per heavy atom. The van der Waals surface area contributed by atoms with E-state index in [4.69, 9.17) is 14.7 Å². The monoisotopic (exact) mass is 300 g/mol. The van der Waals surface area contributed by atoms with Crippen molar-refractivity contribution in [3.05, 3.63) is 24.3 Å². The van der Waals surface area contributed by atoms with Gasteiger partial charge in [0.25, 0.3) is 0 Å². The molecule has 1 aromatic carbocycles. The fourth-order valence-corrected chi connectivity index (χ4v) is 2.98. The molecule has 1 fully saturated rings. The van der Waals surface area contributed by atoms with E-state index in [0.29, 0.717) is 24.4 Å². The average molecular weight is 300 g/mol. The molecule has 0 saturated carbocycles. The Hall–Kier alpha value is -1.88. The summed E-state index contributed by atoms with van der Waals surface area (Å²) in [5, 5.41) is 4.44. The second-order valence-electron chi connectivity index (χ2n) is 5.99. The van der Waals surface area contributed by atoms with Crippen molar-refractivity contribution in [2.75, 3.05) is 31.1 Å². The number of rotatable bonds is 4. The predicted molar refractivity (Wildman–Crippen MR) is 89.5 cm³/mol. The number of hydrogen-bond donors (Lipinski definition) is 1. The highest BCUT2D eigenvalue weighted by molar-refractivity contribution is 5.84. The molecular formula is C17H24N4O. The molecule has 22 heavy (non-hydrogen) atoms. The van der Waals surface area contributed by atoms with Crippen molar-refractivity contribution < 1.29 is 4.74 Å². The molecule has 1 aromatic heterocycles. The normalized spacial score (nSPS) is 18.9. The van der Waals surface area contributed by atoms with E-state index in [-0.39, 0.29) is 0 Å². The molecule has 0 aliphatic carbocycles. The molecule has 2 aromatic rings. The van der Waals surface area contributed by atoms with Gasteiger partial charge in [0.1, 0.15) is 0 Å². The zero-order valence-electron chi connectivity index (χ0n) is 13.5. The number of piperazine rings is 1. The fraction of sp³-hybridized carbons (Fsp3) is 0.529. The van der Waals surface area contributed by atoms with E-state index in [9.17, 15) is 0 Å². The zero-order chi connectivity index (χ0) is 15.5. The molecule has 1 atom stereocenters. The van der Waals surface area contributed by atoms with Crippen LogP contribution >= 0.6 is 0 Å². The van der Waals surface area contributed by atoms with Gasteiger partial charge in [0, 0.05) is 25.7 Å². The number of fused-ring (bicyclic) bond motifs is 1. The summed E-state index contributed by atoms with van der Waals surface area (Å²) in [6.45, 7) is 9.94. The topological polar surface area (TPSA) is 50.3 Å². The number of nitrogens with one attached hydrogen (secondary N) is 1. The first kappa shape index (κ1) is 15.0. The first-order chi connectivity index (χ1) is 10.7. The van der Waals surface area contributed by atoms with Crippen LogP contribution in [0.2, 0.25) is 0 Å². The van der Waals surface area contributed by atoms with Gasteiger partial charge >= 0.3 is 0 Å². The van der Waals surface area contributed by atoms with Crippen LogP contribution in [0.3, 0.4) is 0 Å². The standard InChI is InChI=1S/C17H24N4O/c1-4-22-16-13-7-5-6-8-14(13)19-17(20-16)21-10-9-18-11-15(21)12(2)3/h5-8,12,15,18H,4,9-11H2,1-3H3. The molecule has 2 heterocycles. The van der Waals surface area contributed by atoms with E-state index in [0.717, 1.165) is 36.5 Å². The highest BCUT2D eigenvalue weighted by atomic mass is 16.5. The van der Waals surface area contributed by atoms with Gasteiger partial charge in [0.2, 0.25) is 11.8 Å². The lowest BCUT2D eigenvalue weighted by Crippen LogP contribution is -2.54. The molecule has 1 unspecified atom stereocenters. The molecule has 3 rings (SSSR count). The van der Waals surface area contributed by atoms with Gasteiger partial charge in [-0.3, -0.25) is 0 Å². The van der Waals surface area contributed by atoms with Gasteiger partial charge in [0.05, 0.1) is 17.5 Å². The Morgan fingerprint density at radius 2 is 2.14 bits per heavy atom. The van der Waals surface area contributed by atoms with Gasteiger partial charge in [-0.15, -0.1) is 0 Å². The summed E-state index contributed by atoms with van der Waals surface area (Å²) in [5.41, 5.74) is 0.942. The molecule has 0 radical (unpaired) electrons. The minimum absolute atomic E-state index is 0.407. The van der Waals surface area contributed by atoms with Gasteiger partial charge < -0.3 is 15.0 Å². The van der Waals surface area contributed by atoms with Crippen molar-refractivity contribution in [3.63, 3.8) is 0 Å². The SMILES string of the molecule is CCOc1nc(N2CCNCC2C(C)C)nc2ccccc12. The minimum Gasteiger partial charge on any atom is -0.477 e. The van der Waals surface area contributed by atoms with Crippen molar-refractivity contribution in [3.8, 4) is 5.88 Å². The van der Waals surface area contributed by atoms with Crippen molar-refractivity contribution in [2.24, 2.45) is 5.92 Å². The number of para-hydroxylation sites is 1. The first-order valence-corrected chi connectivity index (χ1v) is 8.07. The lowest BCUT2D eigenvalue weighted by atomic mass is 10.0. The number of anilines is 1. The minimum atomic E-state index is 0.407.